The maximum Gasteiger partial charge on any atom is 0.240 e. The third-order valence-corrected chi connectivity index (χ3v) is 4.20. The van der Waals surface area contributed by atoms with Gasteiger partial charge < -0.3 is 4.90 Å². The maximum absolute atomic E-state index is 12.1. The first kappa shape index (κ1) is 13.8. The second kappa shape index (κ2) is 5.41. The Bertz CT molecular complexity index is 253. The lowest BCUT2D eigenvalue weighted by atomic mass is 10.0. The summed E-state index contributed by atoms with van der Waals surface area (Å²) in [5, 5.41) is 3.30. The zero-order chi connectivity index (χ0) is 12.3. The molecule has 0 saturated carbocycles. The minimum Gasteiger partial charge on any atom is -0.327 e. The Morgan fingerprint density at radius 1 is 1.56 bits per heavy atom. The van der Waals surface area contributed by atoms with E-state index in [1.807, 2.05) is 16.7 Å². The molecule has 1 N–H and O–H groups in total. The van der Waals surface area contributed by atoms with Crippen molar-refractivity contribution in [3.05, 3.63) is 0 Å². The molecule has 1 unspecified atom stereocenters. The van der Waals surface area contributed by atoms with E-state index in [-0.39, 0.29) is 16.7 Å². The molecule has 0 aromatic heterocycles. The molecule has 4 heteroatoms. The molecule has 1 fully saturated rings. The highest BCUT2D eigenvalue weighted by molar-refractivity contribution is 7.99. The van der Waals surface area contributed by atoms with Crippen LogP contribution in [0.5, 0.6) is 0 Å². The van der Waals surface area contributed by atoms with Crippen molar-refractivity contribution < 1.29 is 4.79 Å². The summed E-state index contributed by atoms with van der Waals surface area (Å²) in [6, 6.07) is 0.0395. The van der Waals surface area contributed by atoms with Crippen LogP contribution in [-0.4, -0.2) is 41.1 Å². The molecule has 1 heterocycles. The van der Waals surface area contributed by atoms with Gasteiger partial charge in [0.25, 0.3) is 0 Å². The topological polar surface area (TPSA) is 32.3 Å². The number of carbonyl (C=O) groups is 1. The van der Waals surface area contributed by atoms with Gasteiger partial charge in [0.2, 0.25) is 5.91 Å². The second-order valence-electron chi connectivity index (χ2n) is 5.54. The van der Waals surface area contributed by atoms with E-state index < -0.39 is 0 Å². The molecule has 0 aliphatic carbocycles. The first-order chi connectivity index (χ1) is 7.35. The van der Waals surface area contributed by atoms with Gasteiger partial charge in [0.1, 0.15) is 0 Å². The van der Waals surface area contributed by atoms with Gasteiger partial charge in [-0.25, -0.2) is 0 Å². The van der Waals surface area contributed by atoms with Crippen LogP contribution in [0.3, 0.4) is 0 Å². The Hall–Kier alpha value is -0.220. The van der Waals surface area contributed by atoms with Crippen LogP contribution in [-0.2, 0) is 4.79 Å². The lowest BCUT2D eigenvalue weighted by Crippen LogP contribution is -2.39. The number of nitrogens with zero attached hydrogens (tertiary/aromatic N) is 1. The van der Waals surface area contributed by atoms with Gasteiger partial charge in [-0.1, -0.05) is 13.8 Å². The molecule has 0 aromatic carbocycles. The Balaban J connectivity index is 2.51. The van der Waals surface area contributed by atoms with Crippen LogP contribution in [0.1, 0.15) is 34.1 Å². The fraction of sp³-hybridized carbons (Fsp3) is 0.917. The summed E-state index contributed by atoms with van der Waals surface area (Å²) in [6.45, 7) is 10.2. The predicted molar refractivity (Wildman–Crippen MR) is 70.6 cm³/mol. The number of amides is 1. The number of hydrogen-bond donors (Lipinski definition) is 1. The fourth-order valence-corrected chi connectivity index (χ4v) is 2.20. The Morgan fingerprint density at radius 2 is 2.19 bits per heavy atom. The van der Waals surface area contributed by atoms with E-state index in [9.17, 15) is 4.79 Å². The molecule has 1 rings (SSSR count). The number of carbonyl (C=O) groups excluding carboxylic acids is 1. The third kappa shape index (κ3) is 3.67. The highest BCUT2D eigenvalue weighted by atomic mass is 32.2. The van der Waals surface area contributed by atoms with Crippen molar-refractivity contribution in [3.63, 3.8) is 0 Å². The fourth-order valence-electron chi connectivity index (χ4n) is 1.92. The van der Waals surface area contributed by atoms with E-state index in [0.717, 1.165) is 13.0 Å². The van der Waals surface area contributed by atoms with Gasteiger partial charge in [-0.15, -0.1) is 0 Å². The van der Waals surface area contributed by atoms with Crippen LogP contribution in [0.2, 0.25) is 0 Å². The van der Waals surface area contributed by atoms with E-state index in [4.69, 9.17) is 0 Å². The van der Waals surface area contributed by atoms with Gasteiger partial charge in [-0.05, 0) is 32.4 Å². The summed E-state index contributed by atoms with van der Waals surface area (Å²) in [6.07, 6.45) is 3.04. The quantitative estimate of drug-likeness (QED) is 0.802. The second-order valence-corrected chi connectivity index (χ2v) is 7.06. The van der Waals surface area contributed by atoms with Gasteiger partial charge >= 0.3 is 0 Å². The molecule has 16 heavy (non-hydrogen) atoms. The minimum atomic E-state index is 0.0395. The molecule has 1 aliphatic rings. The molecule has 1 aliphatic heterocycles. The van der Waals surface area contributed by atoms with E-state index in [0.29, 0.717) is 12.6 Å². The predicted octanol–water partition coefficient (Wildman–Crippen LogP) is 1.93. The normalized spacial score (nSPS) is 22.2. The lowest BCUT2D eigenvalue weighted by Gasteiger charge is -2.28. The molecule has 0 radical (unpaired) electrons. The molecule has 0 aromatic rings. The Labute approximate surface area is 103 Å². The van der Waals surface area contributed by atoms with E-state index in [1.165, 1.54) is 0 Å². The smallest absolute Gasteiger partial charge is 0.240 e. The van der Waals surface area contributed by atoms with E-state index in [1.54, 1.807) is 0 Å². The van der Waals surface area contributed by atoms with Crippen molar-refractivity contribution in [1.82, 2.24) is 10.2 Å². The molecule has 1 atom stereocenters. The minimum absolute atomic E-state index is 0.0395. The lowest BCUT2D eigenvalue weighted by molar-refractivity contribution is -0.129. The molecule has 0 spiro atoms. The molecule has 0 bridgehead atoms. The van der Waals surface area contributed by atoms with Gasteiger partial charge in [0, 0.05) is 11.3 Å². The van der Waals surface area contributed by atoms with Gasteiger partial charge in [-0.2, -0.15) is 11.8 Å². The molecular weight excluding hydrogens is 220 g/mol. The molecule has 1 amide bonds. The average molecular weight is 244 g/mol. The summed E-state index contributed by atoms with van der Waals surface area (Å²) in [5.41, 5.74) is 0. The van der Waals surface area contributed by atoms with Gasteiger partial charge in [0.15, 0.2) is 0 Å². The number of thioether (sulfide) groups is 1. The Morgan fingerprint density at radius 3 is 2.69 bits per heavy atom. The third-order valence-electron chi connectivity index (χ3n) is 2.97. The van der Waals surface area contributed by atoms with Gasteiger partial charge in [0.05, 0.1) is 12.7 Å². The van der Waals surface area contributed by atoms with Crippen LogP contribution >= 0.6 is 11.8 Å². The van der Waals surface area contributed by atoms with Crippen LogP contribution in [0, 0.1) is 5.92 Å². The first-order valence-corrected chi connectivity index (χ1v) is 7.15. The Kier molecular flexibility index (Phi) is 4.68. The molecule has 1 saturated heterocycles. The summed E-state index contributed by atoms with van der Waals surface area (Å²) < 4.78 is 0.143. The maximum atomic E-state index is 12.1. The van der Waals surface area contributed by atoms with Crippen molar-refractivity contribution in [2.45, 2.75) is 44.9 Å². The largest absolute Gasteiger partial charge is 0.327 e. The summed E-state index contributed by atoms with van der Waals surface area (Å²) in [4.78, 5) is 14.0. The summed E-state index contributed by atoms with van der Waals surface area (Å²) in [7, 11) is 0. The zero-order valence-electron chi connectivity index (χ0n) is 11.0. The van der Waals surface area contributed by atoms with Crippen LogP contribution in [0.25, 0.3) is 0 Å². The van der Waals surface area contributed by atoms with E-state index in [2.05, 4.69) is 39.3 Å². The van der Waals surface area contributed by atoms with Crippen molar-refractivity contribution in [2.75, 3.05) is 19.5 Å². The molecule has 94 valence electrons. The van der Waals surface area contributed by atoms with Crippen molar-refractivity contribution in [2.24, 2.45) is 5.92 Å². The van der Waals surface area contributed by atoms with Crippen molar-refractivity contribution >= 4 is 17.7 Å². The van der Waals surface area contributed by atoms with Crippen molar-refractivity contribution in [1.29, 1.82) is 0 Å². The van der Waals surface area contributed by atoms with Gasteiger partial charge in [-0.3, -0.25) is 10.1 Å². The SMILES string of the molecule is CSC(C)(C)CN1CNC(CC(C)C)C1=O. The monoisotopic (exact) mass is 244 g/mol. The average Bonchev–Trinajstić information content (AvgIpc) is 2.49. The number of nitrogens with one attached hydrogen (secondary N) is 1. The van der Waals surface area contributed by atoms with Crippen molar-refractivity contribution in [3.8, 4) is 0 Å². The van der Waals surface area contributed by atoms with Crippen LogP contribution in [0.4, 0.5) is 0 Å². The highest BCUT2D eigenvalue weighted by Crippen LogP contribution is 2.24. The first-order valence-electron chi connectivity index (χ1n) is 5.93. The van der Waals surface area contributed by atoms with Crippen LogP contribution < -0.4 is 5.32 Å². The highest BCUT2D eigenvalue weighted by Gasteiger charge is 2.34. The van der Waals surface area contributed by atoms with Crippen LogP contribution in [0.15, 0.2) is 0 Å². The number of hydrogen-bond acceptors (Lipinski definition) is 3. The zero-order valence-corrected chi connectivity index (χ0v) is 11.9. The molecule has 3 nitrogen and oxygen atoms in total. The number of rotatable bonds is 5. The summed E-state index contributed by atoms with van der Waals surface area (Å²) >= 11 is 1.81. The molecular formula is C12H24N2OS. The van der Waals surface area contributed by atoms with E-state index >= 15 is 0 Å². The standard InChI is InChI=1S/C12H24N2OS/c1-9(2)6-10-11(15)14(8-13-10)7-12(3,4)16-5/h9-10,13H,6-8H2,1-5H3. The summed E-state index contributed by atoms with van der Waals surface area (Å²) in [5.74, 6) is 0.839.